The molecule has 0 saturated carbocycles. The van der Waals surface area contributed by atoms with E-state index >= 15 is 0 Å². The molecule has 0 radical (unpaired) electrons. The van der Waals surface area contributed by atoms with Crippen LogP contribution >= 0.6 is 45.9 Å². The van der Waals surface area contributed by atoms with Crippen molar-refractivity contribution in [1.82, 2.24) is 4.57 Å². The van der Waals surface area contributed by atoms with Gasteiger partial charge in [-0.15, -0.1) is 11.3 Å². The van der Waals surface area contributed by atoms with Crippen LogP contribution in [0.1, 0.15) is 34.0 Å². The van der Waals surface area contributed by atoms with Gasteiger partial charge in [0.05, 0.1) is 21.3 Å². The van der Waals surface area contributed by atoms with Gasteiger partial charge >= 0.3 is 0 Å². The molecule has 0 spiro atoms. The molecule has 0 unspecified atom stereocenters. The Labute approximate surface area is 207 Å². The second kappa shape index (κ2) is 7.99. The number of phenolic OH excluding ortho intramolecular Hbond substituents is 1. The molecule has 0 fully saturated rings. The molecule has 1 atom stereocenters. The number of phenols is 1. The van der Waals surface area contributed by atoms with Crippen LogP contribution in [0.15, 0.2) is 69.3 Å². The van der Waals surface area contributed by atoms with E-state index in [0.717, 1.165) is 29.0 Å². The molecule has 2 aromatic heterocycles. The average Bonchev–Trinajstić information content (AvgIpc) is 3.44. The van der Waals surface area contributed by atoms with Gasteiger partial charge in [-0.25, -0.2) is 4.99 Å². The van der Waals surface area contributed by atoms with Crippen molar-refractivity contribution < 1.29 is 5.11 Å². The number of thiophene rings is 1. The second-order valence-corrected chi connectivity index (χ2v) is 10.8. The first-order valence-corrected chi connectivity index (χ1v) is 12.8. The molecular weight excluding hydrogens is 495 g/mol. The second-order valence-electron chi connectivity index (χ2n) is 7.95. The van der Waals surface area contributed by atoms with Crippen molar-refractivity contribution in [3.8, 4) is 5.75 Å². The summed E-state index contributed by atoms with van der Waals surface area (Å²) in [7, 11) is 0. The smallest absolute Gasteiger partial charge is 0.271 e. The lowest BCUT2D eigenvalue weighted by Gasteiger charge is -2.30. The monoisotopic (exact) mass is 510 g/mol. The zero-order valence-corrected chi connectivity index (χ0v) is 20.2. The maximum Gasteiger partial charge on any atom is 0.271 e. The minimum atomic E-state index is -0.191. The number of allylic oxidation sites excluding steroid dienone is 1. The molecule has 4 nitrogen and oxygen atoms in total. The molecule has 4 aromatic rings. The fraction of sp³-hybridized carbons (Fsp3) is 0.120. The highest BCUT2D eigenvalue weighted by Gasteiger charge is 2.33. The summed E-state index contributed by atoms with van der Waals surface area (Å²) in [5.74, 6) is -0.102. The lowest BCUT2D eigenvalue weighted by Crippen LogP contribution is -2.38. The molecular formula is C25H16Cl2N2O2S2. The Balaban J connectivity index is 1.63. The number of hydrogen-bond acceptors (Lipinski definition) is 5. The van der Waals surface area contributed by atoms with Gasteiger partial charge in [0.25, 0.3) is 5.56 Å². The molecule has 2 aromatic carbocycles. The number of aromatic hydroxyl groups is 1. The molecule has 164 valence electrons. The van der Waals surface area contributed by atoms with Crippen molar-refractivity contribution >= 4 is 57.6 Å². The van der Waals surface area contributed by atoms with Crippen LogP contribution in [0.3, 0.4) is 0 Å². The van der Waals surface area contributed by atoms with Crippen LogP contribution in [-0.4, -0.2) is 9.67 Å². The molecule has 3 heterocycles. The topological polar surface area (TPSA) is 54.6 Å². The summed E-state index contributed by atoms with van der Waals surface area (Å²) in [6.07, 6.45) is 3.41. The van der Waals surface area contributed by atoms with Crippen LogP contribution in [-0.2, 0) is 6.42 Å². The third-order valence-corrected chi connectivity index (χ3v) is 8.44. The van der Waals surface area contributed by atoms with Crippen molar-refractivity contribution in [3.63, 3.8) is 0 Å². The summed E-state index contributed by atoms with van der Waals surface area (Å²) in [4.78, 5) is 20.4. The number of benzene rings is 2. The molecule has 0 amide bonds. The number of fused-ring (bicyclic) bond motifs is 3. The van der Waals surface area contributed by atoms with Crippen LogP contribution in [0.2, 0.25) is 10.0 Å². The van der Waals surface area contributed by atoms with E-state index in [1.165, 1.54) is 28.5 Å². The zero-order valence-electron chi connectivity index (χ0n) is 17.1. The Morgan fingerprint density at radius 2 is 1.97 bits per heavy atom. The third kappa shape index (κ3) is 3.40. The van der Waals surface area contributed by atoms with Crippen LogP contribution in [0, 0.1) is 0 Å². The number of aromatic nitrogens is 1. The maximum atomic E-state index is 13.6. The summed E-state index contributed by atoms with van der Waals surface area (Å²) in [5, 5.41) is 13.0. The van der Waals surface area contributed by atoms with E-state index in [9.17, 15) is 9.90 Å². The van der Waals surface area contributed by atoms with Gasteiger partial charge in [-0.3, -0.25) is 9.36 Å². The molecule has 33 heavy (non-hydrogen) atoms. The van der Waals surface area contributed by atoms with E-state index < -0.39 is 0 Å². The highest BCUT2D eigenvalue weighted by Crippen LogP contribution is 2.42. The maximum absolute atomic E-state index is 13.6. The van der Waals surface area contributed by atoms with Gasteiger partial charge in [0.15, 0.2) is 4.80 Å². The van der Waals surface area contributed by atoms with Gasteiger partial charge in [0.2, 0.25) is 0 Å². The highest BCUT2D eigenvalue weighted by molar-refractivity contribution is 7.10. The number of thiazole rings is 1. The van der Waals surface area contributed by atoms with Crippen molar-refractivity contribution in [3.05, 3.63) is 111 Å². The lowest BCUT2D eigenvalue weighted by molar-refractivity contribution is 0.474. The largest absolute Gasteiger partial charge is 0.506 e. The Bertz CT molecular complexity index is 1630. The Morgan fingerprint density at radius 1 is 1.12 bits per heavy atom. The van der Waals surface area contributed by atoms with Crippen molar-refractivity contribution in [1.29, 1.82) is 0 Å². The summed E-state index contributed by atoms with van der Waals surface area (Å²) in [6.45, 7) is 0. The van der Waals surface area contributed by atoms with Crippen LogP contribution in [0.5, 0.6) is 5.75 Å². The molecule has 6 rings (SSSR count). The molecule has 8 heteroatoms. The minimum Gasteiger partial charge on any atom is -0.506 e. The number of aryl methyl sites for hydroxylation is 1. The number of hydrogen-bond donors (Lipinski definition) is 1. The Morgan fingerprint density at radius 3 is 2.79 bits per heavy atom. The van der Waals surface area contributed by atoms with Gasteiger partial charge in [-0.2, -0.15) is 0 Å². The van der Waals surface area contributed by atoms with Crippen molar-refractivity contribution in [2.45, 2.75) is 18.9 Å². The van der Waals surface area contributed by atoms with E-state index in [4.69, 9.17) is 28.2 Å². The molecule has 2 aliphatic rings. The van der Waals surface area contributed by atoms with E-state index in [1.807, 2.05) is 17.5 Å². The lowest BCUT2D eigenvalue weighted by atomic mass is 9.85. The molecule has 0 saturated heterocycles. The summed E-state index contributed by atoms with van der Waals surface area (Å²) in [6, 6.07) is 15.3. The Kier molecular flexibility index (Phi) is 5.07. The third-order valence-electron chi connectivity index (χ3n) is 6.03. The molecule has 1 aliphatic heterocycles. The minimum absolute atomic E-state index is 0.102. The average molecular weight is 511 g/mol. The first kappa shape index (κ1) is 20.9. The normalized spacial score (nSPS) is 17.4. The number of rotatable bonds is 2. The SMILES string of the molecule is O=c1c(=Cc2cc(Cl)cc(Cl)c2O)sc2n1[C@@H](c1cccs1)C1=C(N=2)c2ccccc2CC1. The first-order chi connectivity index (χ1) is 16.0. The predicted molar refractivity (Wildman–Crippen MR) is 135 cm³/mol. The van der Waals surface area contributed by atoms with Gasteiger partial charge in [0, 0.05) is 21.0 Å². The van der Waals surface area contributed by atoms with Gasteiger partial charge in [-0.05, 0) is 53.6 Å². The fourth-order valence-corrected chi connectivity index (χ4v) is 6.90. The van der Waals surface area contributed by atoms with E-state index in [-0.39, 0.29) is 22.4 Å². The van der Waals surface area contributed by atoms with Gasteiger partial charge < -0.3 is 5.11 Å². The van der Waals surface area contributed by atoms with Gasteiger partial charge in [-0.1, -0.05) is 64.9 Å². The predicted octanol–water partition coefficient (Wildman–Crippen LogP) is 5.39. The van der Waals surface area contributed by atoms with E-state index in [0.29, 0.717) is 19.9 Å². The van der Waals surface area contributed by atoms with Gasteiger partial charge in [0.1, 0.15) is 5.75 Å². The molecule has 1 N–H and O–H groups in total. The van der Waals surface area contributed by atoms with Crippen LogP contribution < -0.4 is 14.9 Å². The highest BCUT2D eigenvalue weighted by atomic mass is 35.5. The summed E-state index contributed by atoms with van der Waals surface area (Å²) < 4.78 is 2.26. The zero-order chi connectivity index (χ0) is 22.7. The van der Waals surface area contributed by atoms with Crippen LogP contribution in [0.25, 0.3) is 11.8 Å². The molecule has 1 aliphatic carbocycles. The van der Waals surface area contributed by atoms with E-state index in [2.05, 4.69) is 24.3 Å². The first-order valence-electron chi connectivity index (χ1n) is 10.4. The van der Waals surface area contributed by atoms with Crippen molar-refractivity contribution in [2.75, 3.05) is 0 Å². The van der Waals surface area contributed by atoms with E-state index in [1.54, 1.807) is 28.0 Å². The number of halogens is 2. The summed E-state index contributed by atoms with van der Waals surface area (Å²) >= 11 is 15.2. The quantitative estimate of drug-likeness (QED) is 0.392. The number of nitrogens with zero attached hydrogens (tertiary/aromatic N) is 2. The van der Waals surface area contributed by atoms with Crippen molar-refractivity contribution in [2.24, 2.45) is 4.99 Å². The summed E-state index contributed by atoms with van der Waals surface area (Å²) in [5.41, 5.74) is 4.82. The fourth-order valence-electron chi connectivity index (χ4n) is 4.56. The standard InChI is InChI=1S/C25H16Cl2N2O2S2/c26-15-10-14(23(30)18(27)12-15)11-20-24(31)29-22(19-6-3-9-32-19)17-8-7-13-4-1-2-5-16(13)21(17)28-25(29)33-20/h1-6,9-12,22,30H,7-8H2/t22-/m1/s1. The molecule has 0 bridgehead atoms. The Hall–Kier alpha value is -2.64. The van der Waals surface area contributed by atoms with Crippen LogP contribution in [0.4, 0.5) is 0 Å².